The van der Waals surface area contributed by atoms with E-state index in [-0.39, 0.29) is 23.8 Å². The largest absolute Gasteiger partial charge is 0.478 e. The Balaban J connectivity index is 1.73. The van der Waals surface area contributed by atoms with Crippen LogP contribution < -0.4 is 5.32 Å². The predicted octanol–water partition coefficient (Wildman–Crippen LogP) is 0.912. The second kappa shape index (κ2) is 5.94. The van der Waals surface area contributed by atoms with Crippen LogP contribution in [-0.2, 0) is 19.2 Å². The van der Waals surface area contributed by atoms with Crippen molar-refractivity contribution in [3.05, 3.63) is 0 Å². The molecule has 3 aliphatic rings. The van der Waals surface area contributed by atoms with Crippen molar-refractivity contribution >= 4 is 35.8 Å². The van der Waals surface area contributed by atoms with Crippen LogP contribution in [0.4, 0.5) is 0 Å². The number of rotatable bonds is 5. The minimum atomic E-state index is -1.78. The number of amides is 2. The lowest BCUT2D eigenvalue weighted by molar-refractivity contribution is -0.172. The van der Waals surface area contributed by atoms with E-state index in [1.165, 1.54) is 16.7 Å². The van der Waals surface area contributed by atoms with Gasteiger partial charge in [-0.15, -0.1) is 11.8 Å². The Hall–Kier alpha value is -1.77. The van der Waals surface area contributed by atoms with Crippen molar-refractivity contribution in [3.63, 3.8) is 0 Å². The van der Waals surface area contributed by atoms with Crippen molar-refractivity contribution in [1.82, 2.24) is 10.2 Å². The van der Waals surface area contributed by atoms with Gasteiger partial charge in [-0.2, -0.15) is 0 Å². The van der Waals surface area contributed by atoms with Gasteiger partial charge in [-0.05, 0) is 39.5 Å². The second-order valence-electron chi connectivity index (χ2n) is 6.80. The lowest BCUT2D eigenvalue weighted by atomic mass is 9.90. The standard InChI is InChI=1S/C15H21N3O5S/c1-14(2)15(13(21)22,18-11(20)7-12(18)24-14)17-10(19)8-16-23-9-5-3-4-6-9/h8-9,12H,3-7H2,1-2H3,(H,17,19)(H,21,22)/b16-8-/t12-,15+/m1/s1. The van der Waals surface area contributed by atoms with Gasteiger partial charge >= 0.3 is 5.97 Å². The molecule has 0 radical (unpaired) electrons. The molecule has 2 atom stereocenters. The van der Waals surface area contributed by atoms with Gasteiger partial charge in [0, 0.05) is 0 Å². The first-order valence-electron chi connectivity index (χ1n) is 8.02. The molecule has 3 fully saturated rings. The van der Waals surface area contributed by atoms with Crippen LogP contribution in [0.3, 0.4) is 0 Å². The van der Waals surface area contributed by atoms with E-state index in [1.807, 2.05) is 0 Å². The lowest BCUT2D eigenvalue weighted by Gasteiger charge is -2.46. The van der Waals surface area contributed by atoms with Crippen LogP contribution in [0.5, 0.6) is 0 Å². The molecule has 8 nitrogen and oxygen atoms in total. The molecule has 24 heavy (non-hydrogen) atoms. The Bertz CT molecular complexity index is 602. The Morgan fingerprint density at radius 3 is 2.67 bits per heavy atom. The number of fused-ring (bicyclic) bond motifs is 1. The number of nitrogens with zero attached hydrogens (tertiary/aromatic N) is 2. The van der Waals surface area contributed by atoms with Gasteiger partial charge in [-0.3, -0.25) is 14.5 Å². The maximum atomic E-state index is 12.2. The van der Waals surface area contributed by atoms with Crippen molar-refractivity contribution in [3.8, 4) is 0 Å². The van der Waals surface area contributed by atoms with Gasteiger partial charge in [-0.25, -0.2) is 4.79 Å². The maximum absolute atomic E-state index is 12.2. The maximum Gasteiger partial charge on any atom is 0.352 e. The van der Waals surface area contributed by atoms with Crippen LogP contribution in [0.25, 0.3) is 0 Å². The molecule has 0 aromatic heterocycles. The molecule has 0 unspecified atom stereocenters. The third kappa shape index (κ3) is 2.54. The number of hydrogen-bond acceptors (Lipinski definition) is 6. The third-order valence-corrected chi connectivity index (χ3v) is 6.40. The van der Waals surface area contributed by atoms with Gasteiger partial charge in [0.25, 0.3) is 5.91 Å². The molecule has 0 bridgehead atoms. The molecular formula is C15H21N3O5S. The highest BCUT2D eigenvalue weighted by molar-refractivity contribution is 8.01. The number of oxime groups is 1. The van der Waals surface area contributed by atoms with Gasteiger partial charge in [0.2, 0.25) is 11.6 Å². The zero-order chi connectivity index (χ0) is 17.5. The van der Waals surface area contributed by atoms with Crippen molar-refractivity contribution in [2.24, 2.45) is 5.16 Å². The molecule has 9 heteroatoms. The molecule has 132 valence electrons. The van der Waals surface area contributed by atoms with E-state index < -0.39 is 22.3 Å². The second-order valence-corrected chi connectivity index (χ2v) is 8.60. The summed E-state index contributed by atoms with van der Waals surface area (Å²) in [7, 11) is 0. The molecule has 1 saturated carbocycles. The topological polar surface area (TPSA) is 108 Å². The fourth-order valence-electron chi connectivity index (χ4n) is 3.59. The highest BCUT2D eigenvalue weighted by atomic mass is 32.2. The first-order chi connectivity index (χ1) is 11.3. The normalized spacial score (nSPS) is 31.8. The molecule has 2 aliphatic heterocycles. The van der Waals surface area contributed by atoms with Crippen LogP contribution in [0, 0.1) is 0 Å². The molecule has 1 aliphatic carbocycles. The van der Waals surface area contributed by atoms with Gasteiger partial charge in [0.15, 0.2) is 0 Å². The molecular weight excluding hydrogens is 334 g/mol. The van der Waals surface area contributed by atoms with E-state index in [1.54, 1.807) is 13.8 Å². The summed E-state index contributed by atoms with van der Waals surface area (Å²) in [6.45, 7) is 3.42. The van der Waals surface area contributed by atoms with Crippen molar-refractivity contribution in [2.75, 3.05) is 0 Å². The molecule has 3 rings (SSSR count). The zero-order valence-corrected chi connectivity index (χ0v) is 14.5. The summed E-state index contributed by atoms with van der Waals surface area (Å²) in [4.78, 5) is 42.6. The van der Waals surface area contributed by atoms with Gasteiger partial charge in [0.1, 0.15) is 12.3 Å². The highest BCUT2D eigenvalue weighted by Crippen LogP contribution is 2.55. The first kappa shape index (κ1) is 17.1. The van der Waals surface area contributed by atoms with Crippen molar-refractivity contribution in [2.45, 2.75) is 67.8 Å². The summed E-state index contributed by atoms with van der Waals surface area (Å²) in [5, 5.41) is 15.7. The average Bonchev–Trinajstić information content (AvgIpc) is 3.03. The summed E-state index contributed by atoms with van der Waals surface area (Å²) in [5.41, 5.74) is -1.78. The third-order valence-electron chi connectivity index (χ3n) is 4.86. The molecule has 0 aromatic rings. The predicted molar refractivity (Wildman–Crippen MR) is 87.3 cm³/mol. The van der Waals surface area contributed by atoms with Crippen LogP contribution in [0.15, 0.2) is 5.16 Å². The summed E-state index contributed by atoms with van der Waals surface area (Å²) in [6.07, 6.45) is 5.23. The van der Waals surface area contributed by atoms with Gasteiger partial charge in [-0.1, -0.05) is 5.16 Å². The van der Waals surface area contributed by atoms with E-state index in [2.05, 4.69) is 10.5 Å². The van der Waals surface area contributed by atoms with Crippen molar-refractivity contribution in [1.29, 1.82) is 0 Å². The number of carboxylic acid groups (broad SMARTS) is 1. The number of thioether (sulfide) groups is 1. The van der Waals surface area contributed by atoms with Crippen LogP contribution in [-0.4, -0.2) is 55.9 Å². The summed E-state index contributed by atoms with van der Waals surface area (Å²) < 4.78 is -0.870. The Labute approximate surface area is 144 Å². The Morgan fingerprint density at radius 1 is 1.42 bits per heavy atom. The van der Waals surface area contributed by atoms with Gasteiger partial charge in [0.05, 0.1) is 16.5 Å². The monoisotopic (exact) mass is 355 g/mol. The number of nitrogens with one attached hydrogen (secondary N) is 1. The number of carbonyl (C=O) groups excluding carboxylic acids is 2. The number of β-lactam (4-membered cyclic amide) rings is 1. The quantitative estimate of drug-likeness (QED) is 0.431. The molecule has 2 saturated heterocycles. The molecule has 2 heterocycles. The SMILES string of the molecule is CC1(C)S[C@@H]2CC(=O)N2[C@@]1(NC(=O)/C=N\OC1CCCC1)C(=O)O. The fraction of sp³-hybridized carbons (Fsp3) is 0.733. The van der Waals surface area contributed by atoms with Gasteiger partial charge < -0.3 is 15.3 Å². The summed E-state index contributed by atoms with van der Waals surface area (Å²) in [5.74, 6) is -2.22. The van der Waals surface area contributed by atoms with E-state index in [9.17, 15) is 19.5 Å². The van der Waals surface area contributed by atoms with E-state index >= 15 is 0 Å². The number of hydrogen-bond donors (Lipinski definition) is 2. The first-order valence-corrected chi connectivity index (χ1v) is 8.90. The number of carbonyl (C=O) groups is 3. The molecule has 0 aromatic carbocycles. The van der Waals surface area contributed by atoms with E-state index in [4.69, 9.17) is 4.84 Å². The average molecular weight is 355 g/mol. The van der Waals surface area contributed by atoms with E-state index in [0.29, 0.717) is 0 Å². The highest BCUT2D eigenvalue weighted by Gasteiger charge is 2.70. The summed E-state index contributed by atoms with van der Waals surface area (Å²) >= 11 is 1.38. The van der Waals surface area contributed by atoms with Crippen LogP contribution in [0.1, 0.15) is 46.0 Å². The van der Waals surface area contributed by atoms with E-state index in [0.717, 1.165) is 31.9 Å². The number of aliphatic carboxylic acids is 1. The summed E-state index contributed by atoms with van der Waals surface area (Å²) in [6, 6.07) is 0. The van der Waals surface area contributed by atoms with Crippen LogP contribution in [0.2, 0.25) is 0 Å². The van der Waals surface area contributed by atoms with Crippen molar-refractivity contribution < 1.29 is 24.3 Å². The number of carboxylic acids is 1. The zero-order valence-electron chi connectivity index (χ0n) is 13.7. The molecule has 2 N–H and O–H groups in total. The Morgan fingerprint density at radius 2 is 2.08 bits per heavy atom. The van der Waals surface area contributed by atoms with Crippen LogP contribution >= 0.6 is 11.8 Å². The fourth-order valence-corrected chi connectivity index (χ4v) is 5.29. The minimum absolute atomic E-state index is 0.0160. The molecule has 0 spiro atoms. The smallest absolute Gasteiger partial charge is 0.352 e. The molecule has 2 amide bonds. The Kier molecular flexibility index (Phi) is 4.23. The lowest BCUT2D eigenvalue weighted by Crippen LogP contribution is -2.75. The minimum Gasteiger partial charge on any atom is -0.478 e.